The second kappa shape index (κ2) is 8.66. The molecule has 0 spiro atoms. The average Bonchev–Trinajstić information content (AvgIpc) is 3.35. The van der Waals surface area contributed by atoms with E-state index in [0.717, 1.165) is 30.4 Å². The molecule has 2 aromatic heterocycles. The van der Waals surface area contributed by atoms with Crippen molar-refractivity contribution in [3.05, 3.63) is 42.4 Å². The molecule has 0 bridgehead atoms. The van der Waals surface area contributed by atoms with Crippen molar-refractivity contribution in [3.63, 3.8) is 0 Å². The fraction of sp³-hybridized carbons (Fsp3) is 0.474. The Morgan fingerprint density at radius 3 is 2.96 bits per heavy atom. The highest BCUT2D eigenvalue weighted by Gasteiger charge is 2.36. The van der Waals surface area contributed by atoms with Crippen molar-refractivity contribution in [1.29, 1.82) is 0 Å². The second-order valence-corrected chi connectivity index (χ2v) is 6.66. The number of hydrogen-bond donors (Lipinski definition) is 1. The number of guanidine groups is 1. The molecular weight excluding hydrogens is 344 g/mol. The van der Waals surface area contributed by atoms with E-state index in [1.165, 1.54) is 7.11 Å². The minimum absolute atomic E-state index is 0.119. The van der Waals surface area contributed by atoms with Crippen LogP contribution in [0.15, 0.2) is 41.8 Å². The Bertz CT molecular complexity index is 789. The lowest BCUT2D eigenvalue weighted by Gasteiger charge is -2.21. The second-order valence-electron chi connectivity index (χ2n) is 6.66. The predicted molar refractivity (Wildman–Crippen MR) is 102 cm³/mol. The lowest BCUT2D eigenvalue weighted by atomic mass is 9.99. The molecule has 2 unspecified atom stereocenters. The van der Waals surface area contributed by atoms with E-state index in [-0.39, 0.29) is 17.8 Å². The van der Waals surface area contributed by atoms with Crippen LogP contribution in [0.3, 0.4) is 0 Å². The van der Waals surface area contributed by atoms with Crippen LogP contribution < -0.4 is 5.32 Å². The van der Waals surface area contributed by atoms with Gasteiger partial charge in [-0.1, -0.05) is 6.92 Å². The van der Waals surface area contributed by atoms with Crippen molar-refractivity contribution in [2.75, 3.05) is 26.7 Å². The molecule has 0 aromatic carbocycles. The van der Waals surface area contributed by atoms with Crippen LogP contribution in [-0.4, -0.2) is 58.3 Å². The van der Waals surface area contributed by atoms with Crippen molar-refractivity contribution in [2.45, 2.75) is 20.4 Å². The molecule has 0 aliphatic carbocycles. The molecule has 2 atom stereocenters. The SMILES string of the molecule is CCNC(=NCc1ccnc(-n2cccn2)c1)N1CC(C)C(C(=O)OC)C1. The molecule has 1 saturated heterocycles. The molecule has 27 heavy (non-hydrogen) atoms. The number of carbonyl (C=O) groups is 1. The topological polar surface area (TPSA) is 84.6 Å². The molecule has 1 aliphatic rings. The van der Waals surface area contributed by atoms with Crippen LogP contribution in [0.25, 0.3) is 5.82 Å². The lowest BCUT2D eigenvalue weighted by molar-refractivity contribution is -0.145. The number of rotatable bonds is 5. The molecule has 0 amide bonds. The molecule has 8 heteroatoms. The van der Waals surface area contributed by atoms with Crippen LogP contribution >= 0.6 is 0 Å². The zero-order chi connectivity index (χ0) is 19.2. The summed E-state index contributed by atoms with van der Waals surface area (Å²) < 4.78 is 6.65. The fourth-order valence-electron chi connectivity index (χ4n) is 3.28. The highest BCUT2D eigenvalue weighted by atomic mass is 16.5. The Labute approximate surface area is 159 Å². The third-order valence-corrected chi connectivity index (χ3v) is 4.71. The highest BCUT2D eigenvalue weighted by molar-refractivity contribution is 5.82. The van der Waals surface area contributed by atoms with Gasteiger partial charge in [0.25, 0.3) is 0 Å². The number of hydrogen-bond acceptors (Lipinski definition) is 5. The van der Waals surface area contributed by atoms with Gasteiger partial charge in [-0.05, 0) is 36.6 Å². The molecule has 2 aromatic rings. The van der Waals surface area contributed by atoms with E-state index in [1.54, 1.807) is 17.1 Å². The largest absolute Gasteiger partial charge is 0.469 e. The summed E-state index contributed by atoms with van der Waals surface area (Å²) >= 11 is 0. The summed E-state index contributed by atoms with van der Waals surface area (Å²) in [6.07, 6.45) is 5.35. The number of esters is 1. The van der Waals surface area contributed by atoms with Gasteiger partial charge < -0.3 is 15.0 Å². The number of nitrogens with zero attached hydrogens (tertiary/aromatic N) is 5. The van der Waals surface area contributed by atoms with Gasteiger partial charge in [-0.3, -0.25) is 4.79 Å². The van der Waals surface area contributed by atoms with E-state index in [9.17, 15) is 4.79 Å². The number of ether oxygens (including phenoxy) is 1. The Morgan fingerprint density at radius 1 is 1.41 bits per heavy atom. The molecule has 1 fully saturated rings. The third-order valence-electron chi connectivity index (χ3n) is 4.71. The quantitative estimate of drug-likeness (QED) is 0.487. The van der Waals surface area contributed by atoms with Crippen LogP contribution in [0.2, 0.25) is 0 Å². The Hall–Kier alpha value is -2.90. The third kappa shape index (κ3) is 4.45. The van der Waals surface area contributed by atoms with Gasteiger partial charge in [0.15, 0.2) is 11.8 Å². The zero-order valence-electron chi connectivity index (χ0n) is 16.0. The van der Waals surface area contributed by atoms with E-state index in [1.807, 2.05) is 31.3 Å². The molecular formula is C19H26N6O2. The maximum absolute atomic E-state index is 12.0. The molecule has 8 nitrogen and oxygen atoms in total. The summed E-state index contributed by atoms with van der Waals surface area (Å²) in [6, 6.07) is 5.79. The number of nitrogens with one attached hydrogen (secondary N) is 1. The Kier molecular flexibility index (Phi) is 6.05. The average molecular weight is 370 g/mol. The number of likely N-dealkylation sites (tertiary alicyclic amines) is 1. The molecule has 0 saturated carbocycles. The normalized spacial score (nSPS) is 20.0. The van der Waals surface area contributed by atoms with Gasteiger partial charge in [0, 0.05) is 38.2 Å². The van der Waals surface area contributed by atoms with Crippen LogP contribution in [0.1, 0.15) is 19.4 Å². The van der Waals surface area contributed by atoms with Gasteiger partial charge in [-0.25, -0.2) is 14.7 Å². The minimum Gasteiger partial charge on any atom is -0.469 e. The molecule has 1 aliphatic heterocycles. The fourth-order valence-corrected chi connectivity index (χ4v) is 3.28. The zero-order valence-corrected chi connectivity index (χ0v) is 16.0. The van der Waals surface area contributed by atoms with Crippen LogP contribution in [0.4, 0.5) is 0 Å². The standard InChI is InChI=1S/C19H26N6O2/c1-4-20-19(24-12-14(2)16(13-24)18(26)27-3)22-11-15-6-8-21-17(10-15)25-9-5-7-23-25/h5-10,14,16H,4,11-13H2,1-3H3,(H,20,22). The maximum atomic E-state index is 12.0. The summed E-state index contributed by atoms with van der Waals surface area (Å²) in [6.45, 7) is 6.79. The Morgan fingerprint density at radius 2 is 2.26 bits per heavy atom. The minimum atomic E-state index is -0.154. The van der Waals surface area contributed by atoms with Crippen LogP contribution in [-0.2, 0) is 16.1 Å². The number of carbonyl (C=O) groups excluding carboxylic acids is 1. The van der Waals surface area contributed by atoms with E-state index >= 15 is 0 Å². The monoisotopic (exact) mass is 370 g/mol. The Balaban J connectivity index is 1.73. The van der Waals surface area contributed by atoms with Crippen molar-refractivity contribution in [3.8, 4) is 5.82 Å². The maximum Gasteiger partial charge on any atom is 0.310 e. The van der Waals surface area contributed by atoms with Crippen LogP contribution in [0, 0.1) is 11.8 Å². The van der Waals surface area contributed by atoms with E-state index in [4.69, 9.17) is 9.73 Å². The number of aromatic nitrogens is 3. The summed E-state index contributed by atoms with van der Waals surface area (Å²) in [4.78, 5) is 23.2. The van der Waals surface area contributed by atoms with E-state index in [0.29, 0.717) is 13.1 Å². The summed E-state index contributed by atoms with van der Waals surface area (Å²) in [5.74, 6) is 1.53. The summed E-state index contributed by atoms with van der Waals surface area (Å²) in [7, 11) is 1.44. The van der Waals surface area contributed by atoms with E-state index < -0.39 is 0 Å². The molecule has 0 radical (unpaired) electrons. The molecule has 3 heterocycles. The van der Waals surface area contributed by atoms with Gasteiger partial charge in [-0.2, -0.15) is 5.10 Å². The first kappa shape index (κ1) is 18.9. The lowest BCUT2D eigenvalue weighted by Crippen LogP contribution is -2.40. The van der Waals surface area contributed by atoms with Crippen molar-refractivity contribution in [1.82, 2.24) is 25.0 Å². The van der Waals surface area contributed by atoms with Gasteiger partial charge in [0.1, 0.15) is 0 Å². The first-order valence-electron chi connectivity index (χ1n) is 9.18. The van der Waals surface area contributed by atoms with Gasteiger partial charge in [0.2, 0.25) is 0 Å². The number of pyridine rings is 1. The van der Waals surface area contributed by atoms with Crippen LogP contribution in [0.5, 0.6) is 0 Å². The van der Waals surface area contributed by atoms with Gasteiger partial charge in [-0.15, -0.1) is 0 Å². The van der Waals surface area contributed by atoms with Crippen molar-refractivity contribution >= 4 is 11.9 Å². The van der Waals surface area contributed by atoms with E-state index in [2.05, 4.69) is 27.2 Å². The first-order chi connectivity index (χ1) is 13.1. The molecule has 3 rings (SSSR count). The smallest absolute Gasteiger partial charge is 0.310 e. The highest BCUT2D eigenvalue weighted by Crippen LogP contribution is 2.24. The van der Waals surface area contributed by atoms with Crippen molar-refractivity contribution < 1.29 is 9.53 Å². The number of aliphatic imine (C=N–C) groups is 1. The predicted octanol–water partition coefficient (Wildman–Crippen LogP) is 1.47. The van der Waals surface area contributed by atoms with Crippen molar-refractivity contribution in [2.24, 2.45) is 16.8 Å². The molecule has 1 N–H and O–H groups in total. The van der Waals surface area contributed by atoms with Gasteiger partial charge in [0.05, 0.1) is 19.6 Å². The van der Waals surface area contributed by atoms with Gasteiger partial charge >= 0.3 is 5.97 Å². The first-order valence-corrected chi connectivity index (χ1v) is 9.18. The molecule has 144 valence electrons. The summed E-state index contributed by atoms with van der Waals surface area (Å²) in [5.41, 5.74) is 1.04. The number of methoxy groups -OCH3 is 1. The summed E-state index contributed by atoms with van der Waals surface area (Å²) in [5, 5.41) is 7.54.